The molecule has 0 unspecified atom stereocenters. The van der Waals surface area contributed by atoms with Gasteiger partial charge in [-0.2, -0.15) is 10.2 Å². The molecule has 3 aromatic heterocycles. The Balaban J connectivity index is 2.07. The third-order valence-electron chi connectivity index (χ3n) is 2.17. The van der Waals surface area contributed by atoms with Crippen molar-refractivity contribution in [2.75, 3.05) is 0 Å². The lowest BCUT2D eigenvalue weighted by molar-refractivity contribution is 1.05. The van der Waals surface area contributed by atoms with E-state index < -0.39 is 0 Å². The zero-order valence-corrected chi connectivity index (χ0v) is 8.25. The molecule has 2 N–H and O–H groups in total. The minimum Gasteiger partial charge on any atom is -0.276 e. The molecule has 16 heavy (non-hydrogen) atoms. The van der Waals surface area contributed by atoms with Crippen molar-refractivity contribution >= 4 is 0 Å². The van der Waals surface area contributed by atoms with Gasteiger partial charge in [0, 0.05) is 18.6 Å². The minimum atomic E-state index is 0.615. The Labute approximate surface area is 90.8 Å². The molecular formula is C10H8N6. The predicted octanol–water partition coefficient (Wildman–Crippen LogP) is 1.26. The van der Waals surface area contributed by atoms with Crippen molar-refractivity contribution in [2.45, 2.75) is 0 Å². The zero-order chi connectivity index (χ0) is 10.8. The van der Waals surface area contributed by atoms with Crippen LogP contribution >= 0.6 is 0 Å². The van der Waals surface area contributed by atoms with Crippen molar-refractivity contribution in [2.24, 2.45) is 0 Å². The number of nitrogens with zero attached hydrogens (tertiary/aromatic N) is 4. The summed E-state index contributed by atoms with van der Waals surface area (Å²) in [6.07, 6.45) is 5.06. The van der Waals surface area contributed by atoms with E-state index in [1.54, 1.807) is 18.6 Å². The predicted molar refractivity (Wildman–Crippen MR) is 57.2 cm³/mol. The second-order valence-electron chi connectivity index (χ2n) is 3.21. The zero-order valence-electron chi connectivity index (χ0n) is 8.25. The minimum absolute atomic E-state index is 0.615. The molecule has 3 heterocycles. The van der Waals surface area contributed by atoms with Crippen molar-refractivity contribution in [3.63, 3.8) is 0 Å². The highest BCUT2D eigenvalue weighted by Gasteiger charge is 2.05. The molecule has 0 saturated carbocycles. The fourth-order valence-corrected chi connectivity index (χ4v) is 1.42. The van der Waals surface area contributed by atoms with E-state index in [9.17, 15) is 0 Å². The first-order valence-electron chi connectivity index (χ1n) is 4.76. The van der Waals surface area contributed by atoms with Crippen LogP contribution in [-0.4, -0.2) is 30.4 Å². The average molecular weight is 212 g/mol. The quantitative estimate of drug-likeness (QED) is 0.669. The van der Waals surface area contributed by atoms with E-state index in [4.69, 9.17) is 0 Å². The van der Waals surface area contributed by atoms with Crippen LogP contribution in [-0.2, 0) is 0 Å². The van der Waals surface area contributed by atoms with Crippen LogP contribution in [0.15, 0.2) is 36.8 Å². The molecular weight excluding hydrogens is 204 g/mol. The van der Waals surface area contributed by atoms with Crippen LogP contribution in [0.3, 0.4) is 0 Å². The Morgan fingerprint density at radius 2 is 1.56 bits per heavy atom. The van der Waals surface area contributed by atoms with Crippen molar-refractivity contribution in [3.05, 3.63) is 36.8 Å². The van der Waals surface area contributed by atoms with E-state index in [1.807, 2.05) is 18.2 Å². The van der Waals surface area contributed by atoms with Crippen molar-refractivity contribution < 1.29 is 0 Å². The highest BCUT2D eigenvalue weighted by Crippen LogP contribution is 2.16. The van der Waals surface area contributed by atoms with Crippen molar-refractivity contribution in [1.29, 1.82) is 0 Å². The molecule has 0 atom stereocenters. The number of aromatic nitrogens is 6. The van der Waals surface area contributed by atoms with Crippen molar-refractivity contribution in [3.8, 4) is 22.9 Å². The molecule has 0 fully saturated rings. The molecule has 0 saturated heterocycles. The maximum Gasteiger partial charge on any atom is 0.178 e. The van der Waals surface area contributed by atoms with Gasteiger partial charge in [0.2, 0.25) is 0 Å². The fraction of sp³-hybridized carbons (Fsp3) is 0. The van der Waals surface area contributed by atoms with Gasteiger partial charge in [0.25, 0.3) is 0 Å². The maximum absolute atomic E-state index is 4.40. The van der Waals surface area contributed by atoms with Gasteiger partial charge in [-0.3, -0.25) is 10.2 Å². The summed E-state index contributed by atoms with van der Waals surface area (Å²) >= 11 is 0. The third-order valence-corrected chi connectivity index (χ3v) is 2.17. The average Bonchev–Trinajstić information content (AvgIpc) is 3.03. The summed E-state index contributed by atoms with van der Waals surface area (Å²) in [6.45, 7) is 0. The number of H-pyrrole nitrogens is 2. The van der Waals surface area contributed by atoms with E-state index in [-0.39, 0.29) is 0 Å². The van der Waals surface area contributed by atoms with Crippen LogP contribution in [0, 0.1) is 0 Å². The van der Waals surface area contributed by atoms with Gasteiger partial charge in [0.15, 0.2) is 5.82 Å². The van der Waals surface area contributed by atoms with Crippen molar-refractivity contribution in [1.82, 2.24) is 30.4 Å². The van der Waals surface area contributed by atoms with Crippen LogP contribution in [0.1, 0.15) is 0 Å². The molecule has 3 aromatic rings. The van der Waals surface area contributed by atoms with E-state index in [0.29, 0.717) is 5.82 Å². The Morgan fingerprint density at radius 3 is 2.25 bits per heavy atom. The van der Waals surface area contributed by atoms with E-state index in [0.717, 1.165) is 17.1 Å². The molecule has 0 aromatic carbocycles. The first kappa shape index (κ1) is 8.78. The Kier molecular flexibility index (Phi) is 1.96. The second kappa shape index (κ2) is 3.58. The lowest BCUT2D eigenvalue weighted by Gasteiger charge is -1.99. The third kappa shape index (κ3) is 1.46. The summed E-state index contributed by atoms with van der Waals surface area (Å²) in [5, 5.41) is 13.4. The van der Waals surface area contributed by atoms with E-state index in [2.05, 4.69) is 30.4 Å². The van der Waals surface area contributed by atoms with Gasteiger partial charge in [-0.25, -0.2) is 9.97 Å². The summed E-state index contributed by atoms with van der Waals surface area (Å²) < 4.78 is 0. The standard InChI is InChI=1S/C10H8N6/c1-4-11-10(9-3-6-13-16-9)14-7(1)8-2-5-12-15-8/h1-6H,(H,12,15)(H,13,16). The smallest absolute Gasteiger partial charge is 0.178 e. The van der Waals surface area contributed by atoms with Gasteiger partial charge in [-0.1, -0.05) is 0 Å². The Bertz CT molecular complexity index is 520. The van der Waals surface area contributed by atoms with Gasteiger partial charge >= 0.3 is 0 Å². The lowest BCUT2D eigenvalue weighted by atomic mass is 10.3. The largest absolute Gasteiger partial charge is 0.276 e. The first-order valence-corrected chi connectivity index (χ1v) is 4.76. The highest BCUT2D eigenvalue weighted by atomic mass is 15.1. The van der Waals surface area contributed by atoms with Gasteiger partial charge in [-0.05, 0) is 18.2 Å². The molecule has 0 bridgehead atoms. The number of rotatable bonds is 2. The molecule has 0 amide bonds. The van der Waals surface area contributed by atoms with E-state index in [1.165, 1.54) is 0 Å². The summed E-state index contributed by atoms with van der Waals surface area (Å²) in [5.41, 5.74) is 2.46. The fourth-order valence-electron chi connectivity index (χ4n) is 1.42. The van der Waals surface area contributed by atoms with Gasteiger partial charge in [0.1, 0.15) is 5.69 Å². The van der Waals surface area contributed by atoms with Crippen LogP contribution in [0.5, 0.6) is 0 Å². The molecule has 6 heteroatoms. The second-order valence-corrected chi connectivity index (χ2v) is 3.21. The van der Waals surface area contributed by atoms with Gasteiger partial charge < -0.3 is 0 Å². The number of nitrogens with one attached hydrogen (secondary N) is 2. The summed E-state index contributed by atoms with van der Waals surface area (Å²) in [7, 11) is 0. The number of aromatic amines is 2. The Hall–Kier alpha value is -2.50. The molecule has 0 radical (unpaired) electrons. The molecule has 0 aliphatic heterocycles. The SMILES string of the molecule is c1cc(-c2ccnc(-c3ccn[nH]3)n2)[nH]n1. The van der Waals surface area contributed by atoms with Gasteiger partial charge in [0.05, 0.1) is 11.4 Å². The van der Waals surface area contributed by atoms with Crippen LogP contribution in [0.4, 0.5) is 0 Å². The normalized spacial score (nSPS) is 10.5. The monoisotopic (exact) mass is 212 g/mol. The number of hydrogen-bond acceptors (Lipinski definition) is 4. The summed E-state index contributed by atoms with van der Waals surface area (Å²) in [5.74, 6) is 0.615. The molecule has 3 rings (SSSR count). The topological polar surface area (TPSA) is 83.1 Å². The molecule has 0 aliphatic rings. The maximum atomic E-state index is 4.40. The van der Waals surface area contributed by atoms with Crippen LogP contribution < -0.4 is 0 Å². The molecule has 0 spiro atoms. The van der Waals surface area contributed by atoms with Crippen LogP contribution in [0.25, 0.3) is 22.9 Å². The first-order chi connectivity index (χ1) is 7.93. The Morgan fingerprint density at radius 1 is 0.812 bits per heavy atom. The van der Waals surface area contributed by atoms with Crippen LogP contribution in [0.2, 0.25) is 0 Å². The number of hydrogen-bond donors (Lipinski definition) is 2. The van der Waals surface area contributed by atoms with Gasteiger partial charge in [-0.15, -0.1) is 0 Å². The lowest BCUT2D eigenvalue weighted by Crippen LogP contribution is -1.92. The molecule has 0 aliphatic carbocycles. The summed E-state index contributed by atoms with van der Waals surface area (Å²) in [4.78, 5) is 8.58. The summed E-state index contributed by atoms with van der Waals surface area (Å²) in [6, 6.07) is 5.51. The molecule has 78 valence electrons. The highest BCUT2D eigenvalue weighted by molar-refractivity contribution is 5.57. The molecule has 6 nitrogen and oxygen atoms in total. The van der Waals surface area contributed by atoms with E-state index >= 15 is 0 Å².